The Balaban J connectivity index is 1.83. The zero-order valence-electron chi connectivity index (χ0n) is 12.3. The van der Waals surface area contributed by atoms with E-state index in [0.717, 1.165) is 22.9 Å². The first kappa shape index (κ1) is 14.6. The molecule has 22 heavy (non-hydrogen) atoms. The minimum Gasteiger partial charge on any atom is -0.492 e. The summed E-state index contributed by atoms with van der Waals surface area (Å²) in [5.74, 6) is 2.17. The lowest BCUT2D eigenvalue weighted by Crippen LogP contribution is -2.03. The second kappa shape index (κ2) is 6.61. The smallest absolute Gasteiger partial charge is 0.214 e. The van der Waals surface area contributed by atoms with Crippen molar-refractivity contribution in [3.05, 3.63) is 41.8 Å². The van der Waals surface area contributed by atoms with E-state index in [1.165, 1.54) is 11.8 Å². The lowest BCUT2D eigenvalue weighted by atomic mass is 10.3. The summed E-state index contributed by atoms with van der Waals surface area (Å²) in [6, 6.07) is 9.57. The maximum Gasteiger partial charge on any atom is 0.214 e. The lowest BCUT2D eigenvalue weighted by Gasteiger charge is -2.10. The number of aryl methyl sites for hydroxylation is 1. The minimum absolute atomic E-state index is 0.583. The molecular formula is C14H15N5O2S. The predicted molar refractivity (Wildman–Crippen MR) is 81.1 cm³/mol. The Labute approximate surface area is 131 Å². The van der Waals surface area contributed by atoms with Crippen LogP contribution < -0.4 is 4.74 Å². The summed E-state index contributed by atoms with van der Waals surface area (Å²) in [6.45, 7) is 4.39. The number of rotatable bonds is 6. The molecule has 114 valence electrons. The second-order valence-electron chi connectivity index (χ2n) is 4.49. The summed E-state index contributed by atoms with van der Waals surface area (Å²) < 4.78 is 12.4. The Kier molecular flexibility index (Phi) is 4.38. The van der Waals surface area contributed by atoms with E-state index in [1.54, 1.807) is 4.68 Å². The van der Waals surface area contributed by atoms with E-state index in [4.69, 9.17) is 9.26 Å². The Morgan fingerprint density at radius 3 is 2.95 bits per heavy atom. The van der Waals surface area contributed by atoms with Gasteiger partial charge in [0.05, 0.1) is 12.3 Å². The van der Waals surface area contributed by atoms with Gasteiger partial charge in [0.1, 0.15) is 17.2 Å². The summed E-state index contributed by atoms with van der Waals surface area (Å²) in [5, 5.41) is 16.5. The quantitative estimate of drug-likeness (QED) is 0.647. The van der Waals surface area contributed by atoms with Crippen LogP contribution in [0, 0.1) is 6.92 Å². The molecule has 0 atom stereocenters. The van der Waals surface area contributed by atoms with E-state index in [1.807, 2.05) is 44.2 Å². The fourth-order valence-corrected chi connectivity index (χ4v) is 2.72. The molecule has 0 N–H and O–H groups in total. The summed E-state index contributed by atoms with van der Waals surface area (Å²) >= 11 is 1.49. The first-order valence-electron chi connectivity index (χ1n) is 6.83. The molecule has 0 aliphatic rings. The average molecular weight is 317 g/mol. The summed E-state index contributed by atoms with van der Waals surface area (Å²) in [4.78, 5) is 0. The Bertz CT molecular complexity index is 755. The van der Waals surface area contributed by atoms with Crippen LogP contribution in [0.3, 0.4) is 0 Å². The van der Waals surface area contributed by atoms with E-state index in [9.17, 15) is 0 Å². The third kappa shape index (κ3) is 3.11. The molecular weight excluding hydrogens is 302 g/mol. The van der Waals surface area contributed by atoms with Gasteiger partial charge >= 0.3 is 0 Å². The molecule has 3 aromatic rings. The van der Waals surface area contributed by atoms with E-state index in [2.05, 4.69) is 20.7 Å². The van der Waals surface area contributed by atoms with Crippen molar-refractivity contribution in [1.82, 2.24) is 25.4 Å². The van der Waals surface area contributed by atoms with Crippen LogP contribution in [-0.2, 0) is 5.75 Å². The maximum absolute atomic E-state index is 5.63. The molecule has 0 saturated carbocycles. The molecule has 1 aromatic carbocycles. The Morgan fingerprint density at radius 2 is 2.18 bits per heavy atom. The molecule has 0 saturated heterocycles. The molecule has 0 fully saturated rings. The van der Waals surface area contributed by atoms with E-state index in [-0.39, 0.29) is 0 Å². The molecule has 0 aliphatic carbocycles. The molecule has 8 heteroatoms. The van der Waals surface area contributed by atoms with Gasteiger partial charge < -0.3 is 9.26 Å². The van der Waals surface area contributed by atoms with Crippen molar-refractivity contribution in [2.75, 3.05) is 6.61 Å². The van der Waals surface area contributed by atoms with Gasteiger partial charge in [-0.05, 0) is 36.4 Å². The number of thioether (sulfide) groups is 1. The van der Waals surface area contributed by atoms with Crippen LogP contribution in [0.25, 0.3) is 5.69 Å². The van der Waals surface area contributed by atoms with E-state index < -0.39 is 0 Å². The molecule has 0 spiro atoms. The van der Waals surface area contributed by atoms with Gasteiger partial charge in [-0.2, -0.15) is 4.68 Å². The van der Waals surface area contributed by atoms with Crippen LogP contribution in [0.5, 0.6) is 5.75 Å². The molecule has 2 heterocycles. The van der Waals surface area contributed by atoms with Crippen LogP contribution in [0.15, 0.2) is 40.0 Å². The lowest BCUT2D eigenvalue weighted by molar-refractivity contribution is 0.337. The number of hydrogen-bond acceptors (Lipinski definition) is 7. The van der Waals surface area contributed by atoms with Crippen LogP contribution in [0.4, 0.5) is 0 Å². The van der Waals surface area contributed by atoms with Crippen LogP contribution in [0.2, 0.25) is 0 Å². The molecule has 0 bridgehead atoms. The normalized spacial score (nSPS) is 10.8. The predicted octanol–water partition coefficient (Wildman–Crippen LogP) is 2.65. The highest BCUT2D eigenvalue weighted by Crippen LogP contribution is 2.27. The highest BCUT2D eigenvalue weighted by Gasteiger charge is 2.14. The molecule has 0 amide bonds. The fraction of sp³-hybridized carbons (Fsp3) is 0.286. The Morgan fingerprint density at radius 1 is 1.32 bits per heavy atom. The maximum atomic E-state index is 5.63. The average Bonchev–Trinajstić information content (AvgIpc) is 3.15. The third-order valence-electron chi connectivity index (χ3n) is 2.86. The van der Waals surface area contributed by atoms with Crippen molar-refractivity contribution in [3.63, 3.8) is 0 Å². The summed E-state index contributed by atoms with van der Waals surface area (Å²) in [6.07, 6.45) is 0. The fourth-order valence-electron chi connectivity index (χ4n) is 1.95. The molecule has 2 aromatic heterocycles. The van der Waals surface area contributed by atoms with Crippen LogP contribution >= 0.6 is 11.8 Å². The minimum atomic E-state index is 0.583. The van der Waals surface area contributed by atoms with Gasteiger partial charge in [-0.3, -0.25) is 0 Å². The number of tetrazole rings is 1. The largest absolute Gasteiger partial charge is 0.492 e. The number of benzene rings is 1. The number of para-hydroxylation sites is 2. The molecule has 0 aliphatic heterocycles. The number of ether oxygens (including phenoxy) is 1. The van der Waals surface area contributed by atoms with Crippen molar-refractivity contribution >= 4 is 11.8 Å². The SMILES string of the molecule is CCOc1ccccc1-n1nnnc1SCc1cc(C)on1. The third-order valence-corrected chi connectivity index (χ3v) is 3.81. The van der Waals surface area contributed by atoms with Crippen molar-refractivity contribution in [2.24, 2.45) is 0 Å². The van der Waals surface area contributed by atoms with Crippen molar-refractivity contribution in [3.8, 4) is 11.4 Å². The van der Waals surface area contributed by atoms with Gasteiger partial charge in [-0.25, -0.2) is 0 Å². The summed E-state index contributed by atoms with van der Waals surface area (Å²) in [7, 11) is 0. The molecule has 0 radical (unpaired) electrons. The van der Waals surface area contributed by atoms with Crippen LogP contribution in [-0.4, -0.2) is 32.0 Å². The topological polar surface area (TPSA) is 78.9 Å². The molecule has 7 nitrogen and oxygen atoms in total. The highest BCUT2D eigenvalue weighted by molar-refractivity contribution is 7.98. The van der Waals surface area contributed by atoms with Crippen molar-refractivity contribution in [1.29, 1.82) is 0 Å². The molecule has 3 rings (SSSR count). The van der Waals surface area contributed by atoms with E-state index in [0.29, 0.717) is 17.5 Å². The van der Waals surface area contributed by atoms with Gasteiger partial charge in [-0.15, -0.1) is 5.10 Å². The zero-order chi connectivity index (χ0) is 15.4. The highest BCUT2D eigenvalue weighted by atomic mass is 32.2. The number of aromatic nitrogens is 5. The molecule has 0 unspecified atom stereocenters. The summed E-state index contributed by atoms with van der Waals surface area (Å²) in [5.41, 5.74) is 1.67. The van der Waals surface area contributed by atoms with Crippen LogP contribution in [0.1, 0.15) is 18.4 Å². The Hall–Kier alpha value is -2.35. The van der Waals surface area contributed by atoms with Gasteiger partial charge in [0, 0.05) is 11.8 Å². The van der Waals surface area contributed by atoms with Gasteiger partial charge in [0.15, 0.2) is 0 Å². The number of nitrogens with zero attached hydrogens (tertiary/aromatic N) is 5. The number of hydrogen-bond donors (Lipinski definition) is 0. The first-order valence-corrected chi connectivity index (χ1v) is 7.82. The first-order chi connectivity index (χ1) is 10.8. The van der Waals surface area contributed by atoms with E-state index >= 15 is 0 Å². The standard InChI is InChI=1S/C14H15N5O2S/c1-3-20-13-7-5-4-6-12(13)19-14(15-17-18-19)22-9-11-8-10(2)21-16-11/h4-8H,3,9H2,1-2H3. The van der Waals surface area contributed by atoms with Crippen molar-refractivity contribution in [2.45, 2.75) is 24.8 Å². The van der Waals surface area contributed by atoms with Gasteiger partial charge in [-0.1, -0.05) is 29.1 Å². The van der Waals surface area contributed by atoms with Crippen molar-refractivity contribution < 1.29 is 9.26 Å². The zero-order valence-corrected chi connectivity index (χ0v) is 13.1. The van der Waals surface area contributed by atoms with Gasteiger partial charge in [0.2, 0.25) is 5.16 Å². The van der Waals surface area contributed by atoms with Gasteiger partial charge in [0.25, 0.3) is 0 Å². The monoisotopic (exact) mass is 317 g/mol. The second-order valence-corrected chi connectivity index (χ2v) is 5.43.